The van der Waals surface area contributed by atoms with E-state index in [1.165, 1.54) is 11.4 Å². The highest BCUT2D eigenvalue weighted by atomic mass is 32.2. The van der Waals surface area contributed by atoms with Gasteiger partial charge in [0, 0.05) is 39.8 Å². The van der Waals surface area contributed by atoms with Gasteiger partial charge < -0.3 is 5.11 Å². The van der Waals surface area contributed by atoms with Crippen LogP contribution in [0.15, 0.2) is 0 Å². The van der Waals surface area contributed by atoms with Crippen LogP contribution in [0.1, 0.15) is 0 Å². The fourth-order valence-electron chi connectivity index (χ4n) is 1.46. The van der Waals surface area contributed by atoms with Crippen LogP contribution in [0.3, 0.4) is 0 Å². The molecular formula is C7H17N3O3S. The summed E-state index contributed by atoms with van der Waals surface area (Å²) >= 11 is 0. The quantitative estimate of drug-likeness (QED) is 0.581. The molecule has 0 bridgehead atoms. The molecule has 0 aromatic heterocycles. The van der Waals surface area contributed by atoms with E-state index in [9.17, 15) is 8.42 Å². The highest BCUT2D eigenvalue weighted by molar-refractivity contribution is 7.87. The first-order chi connectivity index (χ1) is 6.60. The number of rotatable bonds is 4. The van der Waals surface area contributed by atoms with Gasteiger partial charge in [0.25, 0.3) is 10.2 Å². The van der Waals surface area contributed by atoms with Crippen molar-refractivity contribution < 1.29 is 13.5 Å². The van der Waals surface area contributed by atoms with Gasteiger partial charge in [-0.1, -0.05) is 0 Å². The fraction of sp³-hybridized carbons (Fsp3) is 1.00. The van der Waals surface area contributed by atoms with Crippen molar-refractivity contribution in [3.05, 3.63) is 0 Å². The Morgan fingerprint density at radius 1 is 1.29 bits per heavy atom. The lowest BCUT2D eigenvalue weighted by Crippen LogP contribution is -2.51. The molecule has 0 radical (unpaired) electrons. The maximum Gasteiger partial charge on any atom is 0.279 e. The topological polar surface area (TPSA) is 72.9 Å². The van der Waals surface area contributed by atoms with Crippen LogP contribution in [0.2, 0.25) is 0 Å². The first kappa shape index (κ1) is 11.9. The number of β-amino-alcohol motifs (C(OH)–C–C–N with tert-alkyl or cyclic N) is 1. The van der Waals surface area contributed by atoms with Gasteiger partial charge in [0.05, 0.1) is 6.61 Å². The van der Waals surface area contributed by atoms with Crippen molar-refractivity contribution in [2.75, 3.05) is 46.4 Å². The van der Waals surface area contributed by atoms with Gasteiger partial charge in [-0.15, -0.1) is 0 Å². The molecule has 1 aliphatic rings. The minimum absolute atomic E-state index is 0.124. The lowest BCUT2D eigenvalue weighted by Gasteiger charge is -2.33. The van der Waals surface area contributed by atoms with Crippen LogP contribution < -0.4 is 4.72 Å². The van der Waals surface area contributed by atoms with Crippen molar-refractivity contribution in [3.63, 3.8) is 0 Å². The Balaban J connectivity index is 2.43. The van der Waals surface area contributed by atoms with Crippen molar-refractivity contribution >= 4 is 10.2 Å². The molecule has 7 heteroatoms. The van der Waals surface area contributed by atoms with E-state index in [-0.39, 0.29) is 6.61 Å². The zero-order chi connectivity index (χ0) is 10.6. The highest BCUT2D eigenvalue weighted by Gasteiger charge is 2.24. The second kappa shape index (κ2) is 5.04. The average molecular weight is 223 g/mol. The summed E-state index contributed by atoms with van der Waals surface area (Å²) in [6.07, 6.45) is 0. The Hall–Kier alpha value is -0.210. The van der Waals surface area contributed by atoms with Crippen molar-refractivity contribution in [1.29, 1.82) is 0 Å². The third-order valence-corrected chi connectivity index (χ3v) is 3.91. The normalized spacial score (nSPS) is 21.3. The predicted octanol–water partition coefficient (Wildman–Crippen LogP) is -1.94. The van der Waals surface area contributed by atoms with E-state index < -0.39 is 10.2 Å². The Morgan fingerprint density at radius 3 is 2.29 bits per heavy atom. The second-order valence-electron chi connectivity index (χ2n) is 3.17. The summed E-state index contributed by atoms with van der Waals surface area (Å²) < 4.78 is 26.4. The number of hydrogen-bond donors (Lipinski definition) is 2. The average Bonchev–Trinajstić information content (AvgIpc) is 2.19. The molecule has 1 fully saturated rings. The van der Waals surface area contributed by atoms with Gasteiger partial charge in [0.1, 0.15) is 0 Å². The monoisotopic (exact) mass is 223 g/mol. The highest BCUT2D eigenvalue weighted by Crippen LogP contribution is 2.04. The molecular weight excluding hydrogens is 206 g/mol. The summed E-state index contributed by atoms with van der Waals surface area (Å²) in [5.41, 5.74) is 0. The van der Waals surface area contributed by atoms with E-state index >= 15 is 0 Å². The zero-order valence-electron chi connectivity index (χ0n) is 8.31. The molecule has 2 N–H and O–H groups in total. The summed E-state index contributed by atoms with van der Waals surface area (Å²) in [4.78, 5) is 2.04. The maximum atomic E-state index is 11.4. The van der Waals surface area contributed by atoms with Crippen LogP contribution in [0, 0.1) is 0 Å². The number of hydrogen-bond acceptors (Lipinski definition) is 4. The Kier molecular flexibility index (Phi) is 4.27. The minimum Gasteiger partial charge on any atom is -0.395 e. The summed E-state index contributed by atoms with van der Waals surface area (Å²) in [7, 11) is -1.85. The van der Waals surface area contributed by atoms with E-state index in [0.29, 0.717) is 32.7 Å². The Bertz CT molecular complexity index is 259. The summed E-state index contributed by atoms with van der Waals surface area (Å²) in [6, 6.07) is 0. The molecule has 0 aromatic rings. The minimum atomic E-state index is -3.27. The molecule has 0 amide bonds. The molecule has 0 aliphatic carbocycles. The third-order valence-electron chi connectivity index (χ3n) is 2.35. The fourth-order valence-corrected chi connectivity index (χ4v) is 2.37. The smallest absolute Gasteiger partial charge is 0.279 e. The van der Waals surface area contributed by atoms with Crippen LogP contribution in [0.4, 0.5) is 0 Å². The third kappa shape index (κ3) is 2.89. The molecule has 0 spiro atoms. The van der Waals surface area contributed by atoms with Gasteiger partial charge in [-0.2, -0.15) is 12.7 Å². The molecule has 84 valence electrons. The van der Waals surface area contributed by atoms with Gasteiger partial charge in [-0.25, -0.2) is 4.72 Å². The number of nitrogens with zero attached hydrogens (tertiary/aromatic N) is 2. The van der Waals surface area contributed by atoms with Crippen LogP contribution in [0.25, 0.3) is 0 Å². The van der Waals surface area contributed by atoms with Gasteiger partial charge >= 0.3 is 0 Å². The van der Waals surface area contributed by atoms with E-state index in [0.717, 1.165) is 0 Å². The van der Waals surface area contributed by atoms with Gasteiger partial charge in [0.2, 0.25) is 0 Å². The molecule has 1 aliphatic heterocycles. The Labute approximate surface area is 84.7 Å². The second-order valence-corrected chi connectivity index (χ2v) is 5.05. The van der Waals surface area contributed by atoms with Crippen molar-refractivity contribution in [2.45, 2.75) is 0 Å². The molecule has 1 saturated heterocycles. The predicted molar refractivity (Wildman–Crippen MR) is 53.1 cm³/mol. The first-order valence-electron chi connectivity index (χ1n) is 4.62. The first-order valence-corrected chi connectivity index (χ1v) is 6.06. The summed E-state index contributed by atoms with van der Waals surface area (Å²) in [5.74, 6) is 0. The molecule has 1 rings (SSSR count). The molecule has 6 nitrogen and oxygen atoms in total. The van der Waals surface area contributed by atoms with Crippen molar-refractivity contribution in [3.8, 4) is 0 Å². The molecule has 0 unspecified atom stereocenters. The lowest BCUT2D eigenvalue weighted by molar-refractivity contribution is 0.151. The molecule has 14 heavy (non-hydrogen) atoms. The lowest BCUT2D eigenvalue weighted by atomic mass is 10.4. The number of nitrogens with one attached hydrogen (secondary N) is 1. The van der Waals surface area contributed by atoms with Crippen molar-refractivity contribution in [1.82, 2.24) is 13.9 Å². The van der Waals surface area contributed by atoms with Gasteiger partial charge in [-0.05, 0) is 0 Å². The van der Waals surface area contributed by atoms with E-state index in [1.54, 1.807) is 0 Å². The van der Waals surface area contributed by atoms with Crippen LogP contribution in [0.5, 0.6) is 0 Å². The van der Waals surface area contributed by atoms with Crippen molar-refractivity contribution in [2.24, 2.45) is 0 Å². The molecule has 0 aromatic carbocycles. The molecule has 0 atom stereocenters. The summed E-state index contributed by atoms with van der Waals surface area (Å²) in [6.45, 7) is 3.08. The molecule has 0 saturated carbocycles. The molecule has 1 heterocycles. The number of aliphatic hydroxyl groups excluding tert-OH is 1. The number of aliphatic hydroxyl groups is 1. The van der Waals surface area contributed by atoms with Crippen LogP contribution in [-0.2, 0) is 10.2 Å². The van der Waals surface area contributed by atoms with Gasteiger partial charge in [0.15, 0.2) is 0 Å². The van der Waals surface area contributed by atoms with E-state index in [2.05, 4.69) is 4.72 Å². The zero-order valence-corrected chi connectivity index (χ0v) is 9.13. The van der Waals surface area contributed by atoms with Crippen LogP contribution in [-0.4, -0.2) is 69.1 Å². The van der Waals surface area contributed by atoms with Gasteiger partial charge in [-0.3, -0.25) is 4.90 Å². The van der Waals surface area contributed by atoms with Crippen LogP contribution >= 0.6 is 0 Å². The standard InChI is InChI=1S/C7H17N3O3S/c1-8-14(12,13)10-4-2-9(3-5-10)6-7-11/h8,11H,2-7H2,1H3. The van der Waals surface area contributed by atoms with E-state index in [4.69, 9.17) is 5.11 Å². The SMILES string of the molecule is CNS(=O)(=O)N1CCN(CCO)CC1. The largest absolute Gasteiger partial charge is 0.395 e. The number of piperazine rings is 1. The summed E-state index contributed by atoms with van der Waals surface area (Å²) in [5, 5.41) is 8.70. The van der Waals surface area contributed by atoms with E-state index in [1.807, 2.05) is 4.90 Å². The Morgan fingerprint density at radius 2 is 1.86 bits per heavy atom. The maximum absolute atomic E-state index is 11.4.